The molecule has 1 aliphatic rings. The number of thioether (sulfide) groups is 1. The quantitative estimate of drug-likeness (QED) is 0.508. The molecular formula is C18H23N7O2S. The molecule has 1 aliphatic heterocycles. The topological polar surface area (TPSA) is 102 Å². The summed E-state index contributed by atoms with van der Waals surface area (Å²) in [6.45, 7) is 4.32. The molecule has 3 aromatic heterocycles. The number of nitrogens with zero attached hydrogens (tertiary/aromatic N) is 6. The van der Waals surface area contributed by atoms with Crippen molar-refractivity contribution in [3.63, 3.8) is 0 Å². The van der Waals surface area contributed by atoms with Gasteiger partial charge in [-0.2, -0.15) is 4.98 Å². The number of fused-ring (bicyclic) bond motifs is 1. The Morgan fingerprint density at radius 2 is 1.96 bits per heavy atom. The zero-order chi connectivity index (χ0) is 19.7. The number of hydrogen-bond acceptors (Lipinski definition) is 7. The van der Waals surface area contributed by atoms with E-state index in [9.17, 15) is 9.59 Å². The molecule has 4 heterocycles. The Labute approximate surface area is 165 Å². The maximum Gasteiger partial charge on any atom is 0.329 e. The summed E-state index contributed by atoms with van der Waals surface area (Å²) in [4.78, 5) is 42.6. The molecule has 1 fully saturated rings. The van der Waals surface area contributed by atoms with Gasteiger partial charge in [-0.25, -0.2) is 14.8 Å². The highest BCUT2D eigenvalue weighted by molar-refractivity contribution is 7.99. The zero-order valence-electron chi connectivity index (χ0n) is 16.0. The summed E-state index contributed by atoms with van der Waals surface area (Å²) in [7, 11) is 1.63. The standard InChI is InChI=1S/C18H23N7O2S/c1-12-6-7-19-16(20-12)28-11-10-25-13-14(23(2)18(27)22-15(13)26)21-17(25)24-8-4-3-5-9-24/h6-7H,3-5,8-11H2,1-2H3,(H,22,26,27). The van der Waals surface area contributed by atoms with Crippen molar-refractivity contribution in [1.29, 1.82) is 0 Å². The fraction of sp³-hybridized carbons (Fsp3) is 0.500. The molecule has 0 spiro atoms. The summed E-state index contributed by atoms with van der Waals surface area (Å²) < 4.78 is 3.33. The zero-order valence-corrected chi connectivity index (χ0v) is 16.8. The Balaban J connectivity index is 1.70. The molecule has 10 heteroatoms. The summed E-state index contributed by atoms with van der Waals surface area (Å²) in [5.41, 5.74) is 0.936. The number of nitrogens with one attached hydrogen (secondary N) is 1. The van der Waals surface area contributed by atoms with Gasteiger partial charge < -0.3 is 9.47 Å². The van der Waals surface area contributed by atoms with Crippen molar-refractivity contribution in [2.45, 2.75) is 37.9 Å². The fourth-order valence-electron chi connectivity index (χ4n) is 3.49. The van der Waals surface area contributed by atoms with Crippen LogP contribution in [-0.4, -0.2) is 47.9 Å². The van der Waals surface area contributed by atoms with Gasteiger partial charge in [-0.05, 0) is 32.3 Å². The number of imidazole rings is 1. The number of piperidine rings is 1. The third-order valence-corrected chi connectivity index (χ3v) is 5.79. The minimum atomic E-state index is -0.449. The minimum absolute atomic E-state index is 0.398. The number of anilines is 1. The van der Waals surface area contributed by atoms with Crippen LogP contribution in [0.4, 0.5) is 5.95 Å². The third-order valence-electron chi connectivity index (χ3n) is 4.94. The molecule has 9 nitrogen and oxygen atoms in total. The van der Waals surface area contributed by atoms with Gasteiger partial charge in [0.15, 0.2) is 16.3 Å². The summed E-state index contributed by atoms with van der Waals surface area (Å²) in [5, 5.41) is 0.713. The average molecular weight is 401 g/mol. The van der Waals surface area contributed by atoms with Gasteiger partial charge >= 0.3 is 5.69 Å². The van der Waals surface area contributed by atoms with Crippen LogP contribution in [0.5, 0.6) is 0 Å². The first-order chi connectivity index (χ1) is 13.5. The predicted molar refractivity (Wildman–Crippen MR) is 109 cm³/mol. The smallest absolute Gasteiger partial charge is 0.329 e. The summed E-state index contributed by atoms with van der Waals surface area (Å²) >= 11 is 1.54. The molecule has 28 heavy (non-hydrogen) atoms. The van der Waals surface area contributed by atoms with Gasteiger partial charge in [0.25, 0.3) is 5.56 Å². The Bertz CT molecular complexity index is 1110. The first-order valence-corrected chi connectivity index (χ1v) is 10.4. The number of H-pyrrole nitrogens is 1. The second-order valence-electron chi connectivity index (χ2n) is 6.93. The van der Waals surface area contributed by atoms with Crippen LogP contribution in [0.1, 0.15) is 25.0 Å². The van der Waals surface area contributed by atoms with Gasteiger partial charge in [0.1, 0.15) is 0 Å². The van der Waals surface area contributed by atoms with Crippen molar-refractivity contribution in [3.05, 3.63) is 38.8 Å². The van der Waals surface area contributed by atoms with Gasteiger partial charge in [0.05, 0.1) is 0 Å². The normalized spacial score (nSPS) is 14.7. The monoisotopic (exact) mass is 401 g/mol. The van der Waals surface area contributed by atoms with Crippen molar-refractivity contribution in [2.24, 2.45) is 7.05 Å². The molecule has 0 atom stereocenters. The molecule has 0 aromatic carbocycles. The van der Waals surface area contributed by atoms with Gasteiger partial charge in [-0.15, -0.1) is 0 Å². The van der Waals surface area contributed by atoms with E-state index in [0.29, 0.717) is 28.6 Å². The van der Waals surface area contributed by atoms with Crippen molar-refractivity contribution in [3.8, 4) is 0 Å². The Morgan fingerprint density at radius 1 is 1.18 bits per heavy atom. The molecule has 0 unspecified atom stereocenters. The molecule has 1 saturated heterocycles. The molecule has 0 saturated carbocycles. The second kappa shape index (κ2) is 7.78. The highest BCUT2D eigenvalue weighted by atomic mass is 32.2. The van der Waals surface area contributed by atoms with Crippen molar-refractivity contribution in [2.75, 3.05) is 23.7 Å². The summed E-state index contributed by atoms with van der Waals surface area (Å²) in [5.74, 6) is 1.45. The Hall–Kier alpha value is -2.62. The maximum absolute atomic E-state index is 12.6. The molecular weight excluding hydrogens is 378 g/mol. The molecule has 148 valence electrons. The van der Waals surface area contributed by atoms with E-state index in [1.54, 1.807) is 13.2 Å². The van der Waals surface area contributed by atoms with Crippen LogP contribution >= 0.6 is 11.8 Å². The van der Waals surface area contributed by atoms with Crippen LogP contribution in [0.25, 0.3) is 11.2 Å². The van der Waals surface area contributed by atoms with Crippen LogP contribution in [0.15, 0.2) is 27.0 Å². The first-order valence-electron chi connectivity index (χ1n) is 9.41. The average Bonchev–Trinajstić information content (AvgIpc) is 3.07. The van der Waals surface area contributed by atoms with Gasteiger partial charge in [0, 0.05) is 44.3 Å². The lowest BCUT2D eigenvalue weighted by Gasteiger charge is -2.28. The molecule has 0 aliphatic carbocycles. The number of rotatable bonds is 5. The van der Waals surface area contributed by atoms with E-state index in [1.165, 1.54) is 22.7 Å². The number of hydrogen-bond donors (Lipinski definition) is 1. The van der Waals surface area contributed by atoms with Gasteiger partial charge in [-0.3, -0.25) is 14.3 Å². The van der Waals surface area contributed by atoms with Crippen molar-refractivity contribution >= 4 is 28.9 Å². The molecule has 0 amide bonds. The van der Waals surface area contributed by atoms with E-state index in [-0.39, 0.29) is 0 Å². The Morgan fingerprint density at radius 3 is 2.71 bits per heavy atom. The maximum atomic E-state index is 12.6. The number of aryl methyl sites for hydroxylation is 3. The minimum Gasteiger partial charge on any atom is -0.342 e. The first kappa shape index (κ1) is 18.7. The van der Waals surface area contributed by atoms with Crippen molar-refractivity contribution < 1.29 is 0 Å². The summed E-state index contributed by atoms with van der Waals surface area (Å²) in [6, 6.07) is 1.86. The lowest BCUT2D eigenvalue weighted by molar-refractivity contribution is 0.559. The van der Waals surface area contributed by atoms with E-state index in [2.05, 4.69) is 24.8 Å². The highest BCUT2D eigenvalue weighted by Gasteiger charge is 2.22. The van der Waals surface area contributed by atoms with Crippen LogP contribution in [-0.2, 0) is 13.6 Å². The lowest BCUT2D eigenvalue weighted by Crippen LogP contribution is -2.32. The SMILES string of the molecule is Cc1ccnc(SCCn2c(N3CCCCC3)nc3c2c(=O)[nH]c(=O)n3C)n1. The van der Waals surface area contributed by atoms with Crippen LogP contribution in [0.2, 0.25) is 0 Å². The third kappa shape index (κ3) is 3.56. The molecule has 3 aromatic rings. The lowest BCUT2D eigenvalue weighted by atomic mass is 10.1. The molecule has 0 bridgehead atoms. The van der Waals surface area contributed by atoms with E-state index >= 15 is 0 Å². The van der Waals surface area contributed by atoms with Crippen LogP contribution in [0, 0.1) is 6.92 Å². The van der Waals surface area contributed by atoms with E-state index in [1.807, 2.05) is 17.6 Å². The second-order valence-corrected chi connectivity index (χ2v) is 7.99. The largest absolute Gasteiger partial charge is 0.342 e. The predicted octanol–water partition coefficient (Wildman–Crippen LogP) is 1.30. The number of aromatic amines is 1. The van der Waals surface area contributed by atoms with Crippen LogP contribution in [0.3, 0.4) is 0 Å². The fourth-order valence-corrected chi connectivity index (χ4v) is 4.29. The van der Waals surface area contributed by atoms with Gasteiger partial charge in [-0.1, -0.05) is 11.8 Å². The highest BCUT2D eigenvalue weighted by Crippen LogP contribution is 2.24. The number of aromatic nitrogens is 6. The molecule has 1 N–H and O–H groups in total. The van der Waals surface area contributed by atoms with Crippen molar-refractivity contribution in [1.82, 2.24) is 29.1 Å². The van der Waals surface area contributed by atoms with E-state index in [0.717, 1.165) is 37.6 Å². The summed E-state index contributed by atoms with van der Waals surface area (Å²) in [6.07, 6.45) is 5.15. The van der Waals surface area contributed by atoms with E-state index < -0.39 is 11.2 Å². The molecule has 0 radical (unpaired) electrons. The van der Waals surface area contributed by atoms with Gasteiger partial charge in [0.2, 0.25) is 5.95 Å². The molecule has 4 rings (SSSR count). The van der Waals surface area contributed by atoms with Crippen LogP contribution < -0.4 is 16.1 Å². The van der Waals surface area contributed by atoms with E-state index in [4.69, 9.17) is 0 Å². The Kier molecular flexibility index (Phi) is 5.21.